The fraction of sp³-hybridized carbons (Fsp3) is 0.294. The molecule has 0 amide bonds. The lowest BCUT2D eigenvalue weighted by atomic mass is 10.1. The van der Waals surface area contributed by atoms with Crippen molar-refractivity contribution >= 4 is 27.9 Å². The number of nitrogens with one attached hydrogen (secondary N) is 1. The molecular formula is C17H21ClN2O2S. The van der Waals surface area contributed by atoms with Gasteiger partial charge < -0.3 is 10.2 Å². The highest BCUT2D eigenvalue weighted by Crippen LogP contribution is 2.24. The molecule has 6 heteroatoms. The number of halogens is 1. The number of rotatable bonds is 3. The molecule has 3 rings (SSSR count). The van der Waals surface area contributed by atoms with Crippen LogP contribution in [0, 0.1) is 0 Å². The molecule has 1 aliphatic heterocycles. The number of hydrogen-bond acceptors (Lipinski definition) is 4. The lowest BCUT2D eigenvalue weighted by Gasteiger charge is -2.24. The zero-order valence-electron chi connectivity index (χ0n) is 13.0. The summed E-state index contributed by atoms with van der Waals surface area (Å²) in [5, 5.41) is 3.43. The highest BCUT2D eigenvalue weighted by atomic mass is 35.5. The van der Waals surface area contributed by atoms with Gasteiger partial charge in [-0.1, -0.05) is 30.3 Å². The molecule has 0 spiro atoms. The van der Waals surface area contributed by atoms with Crippen LogP contribution in [0.2, 0.25) is 0 Å². The maximum absolute atomic E-state index is 11.5. The van der Waals surface area contributed by atoms with Crippen LogP contribution in [0.4, 0.5) is 5.69 Å². The van der Waals surface area contributed by atoms with E-state index in [0.29, 0.717) is 4.90 Å². The molecule has 1 N–H and O–H groups in total. The van der Waals surface area contributed by atoms with Gasteiger partial charge in [0, 0.05) is 38.1 Å². The summed E-state index contributed by atoms with van der Waals surface area (Å²) in [7, 11) is -3.13. The lowest BCUT2D eigenvalue weighted by molar-refractivity contribution is 0.602. The van der Waals surface area contributed by atoms with Gasteiger partial charge >= 0.3 is 0 Å². The molecule has 1 heterocycles. The van der Waals surface area contributed by atoms with Crippen LogP contribution in [0.25, 0.3) is 0 Å². The number of benzene rings is 2. The second kappa shape index (κ2) is 7.34. The number of nitrogens with zero attached hydrogens (tertiary/aromatic N) is 1. The molecule has 0 unspecified atom stereocenters. The van der Waals surface area contributed by atoms with E-state index in [0.717, 1.165) is 31.7 Å². The summed E-state index contributed by atoms with van der Waals surface area (Å²) in [6.07, 6.45) is 1.23. The highest BCUT2D eigenvalue weighted by molar-refractivity contribution is 7.90. The minimum absolute atomic E-state index is 0. The smallest absolute Gasteiger partial charge is 0.175 e. The number of sulfone groups is 1. The second-order valence-corrected chi connectivity index (χ2v) is 7.66. The molecule has 23 heavy (non-hydrogen) atoms. The average molecular weight is 353 g/mol. The Labute approximate surface area is 143 Å². The minimum atomic E-state index is -3.13. The SMILES string of the molecule is CS(=O)(=O)c1ccc(CN2CCNCc3ccccc32)cc1.Cl. The third-order valence-electron chi connectivity index (χ3n) is 3.93. The normalized spacial score (nSPS) is 14.6. The van der Waals surface area contributed by atoms with Crippen LogP contribution in [0.5, 0.6) is 0 Å². The van der Waals surface area contributed by atoms with Gasteiger partial charge in [-0.2, -0.15) is 0 Å². The van der Waals surface area contributed by atoms with E-state index >= 15 is 0 Å². The molecule has 0 aliphatic carbocycles. The highest BCUT2D eigenvalue weighted by Gasteiger charge is 2.15. The molecule has 2 aromatic carbocycles. The lowest BCUT2D eigenvalue weighted by Crippen LogP contribution is -2.28. The van der Waals surface area contributed by atoms with Crippen molar-refractivity contribution in [2.45, 2.75) is 18.0 Å². The first-order valence-electron chi connectivity index (χ1n) is 7.36. The van der Waals surface area contributed by atoms with Crippen molar-refractivity contribution in [1.29, 1.82) is 0 Å². The quantitative estimate of drug-likeness (QED) is 0.922. The molecule has 4 nitrogen and oxygen atoms in total. The van der Waals surface area contributed by atoms with Crippen LogP contribution in [0.1, 0.15) is 11.1 Å². The fourth-order valence-corrected chi connectivity index (χ4v) is 3.38. The Hall–Kier alpha value is -1.56. The molecule has 0 saturated carbocycles. The largest absolute Gasteiger partial charge is 0.366 e. The van der Waals surface area contributed by atoms with Crippen LogP contribution in [0.3, 0.4) is 0 Å². The van der Waals surface area contributed by atoms with Crippen LogP contribution >= 0.6 is 12.4 Å². The van der Waals surface area contributed by atoms with Crippen LogP contribution < -0.4 is 10.2 Å². The third kappa shape index (κ3) is 4.25. The molecule has 0 bridgehead atoms. The second-order valence-electron chi connectivity index (χ2n) is 5.64. The summed E-state index contributed by atoms with van der Waals surface area (Å²) in [6.45, 7) is 3.55. The number of para-hydroxylation sites is 1. The van der Waals surface area contributed by atoms with Crippen LogP contribution in [-0.4, -0.2) is 27.8 Å². The van der Waals surface area contributed by atoms with Gasteiger partial charge in [-0.15, -0.1) is 12.4 Å². The van der Waals surface area contributed by atoms with Crippen LogP contribution in [0.15, 0.2) is 53.4 Å². The van der Waals surface area contributed by atoms with Crippen molar-refractivity contribution in [3.05, 3.63) is 59.7 Å². The van der Waals surface area contributed by atoms with Gasteiger partial charge in [-0.3, -0.25) is 0 Å². The van der Waals surface area contributed by atoms with Gasteiger partial charge in [-0.05, 0) is 29.3 Å². The molecule has 0 atom stereocenters. The van der Waals surface area contributed by atoms with Crippen molar-refractivity contribution in [1.82, 2.24) is 5.32 Å². The molecule has 0 aromatic heterocycles. The first kappa shape index (κ1) is 17.8. The van der Waals surface area contributed by atoms with Gasteiger partial charge in [-0.25, -0.2) is 8.42 Å². The molecule has 124 valence electrons. The van der Waals surface area contributed by atoms with Crippen molar-refractivity contribution in [2.24, 2.45) is 0 Å². The predicted octanol–water partition coefficient (Wildman–Crippen LogP) is 2.62. The summed E-state index contributed by atoms with van der Waals surface area (Å²) in [5.41, 5.74) is 3.66. The standard InChI is InChI=1S/C17H20N2O2S.ClH/c1-22(20,21)16-8-6-14(7-9-16)13-19-11-10-18-12-15-4-2-3-5-17(15)19;/h2-9,18H,10-13H2,1H3;1H. The van der Waals surface area contributed by atoms with E-state index in [2.05, 4.69) is 34.5 Å². The number of anilines is 1. The van der Waals surface area contributed by atoms with Crippen LogP contribution in [-0.2, 0) is 22.9 Å². The molecule has 2 aromatic rings. The number of hydrogen-bond donors (Lipinski definition) is 1. The average Bonchev–Trinajstić information content (AvgIpc) is 2.70. The first-order chi connectivity index (χ1) is 10.5. The zero-order valence-corrected chi connectivity index (χ0v) is 14.7. The van der Waals surface area contributed by atoms with E-state index in [4.69, 9.17) is 0 Å². The summed E-state index contributed by atoms with van der Waals surface area (Å²) < 4.78 is 23.0. The van der Waals surface area contributed by atoms with Gasteiger partial charge in [0.1, 0.15) is 0 Å². The van der Waals surface area contributed by atoms with Crippen molar-refractivity contribution < 1.29 is 8.42 Å². The fourth-order valence-electron chi connectivity index (χ4n) is 2.75. The third-order valence-corrected chi connectivity index (χ3v) is 5.06. The maximum Gasteiger partial charge on any atom is 0.175 e. The Bertz CT molecular complexity index is 760. The monoisotopic (exact) mass is 352 g/mol. The predicted molar refractivity (Wildman–Crippen MR) is 96.0 cm³/mol. The van der Waals surface area contributed by atoms with Gasteiger partial charge in [0.15, 0.2) is 9.84 Å². The van der Waals surface area contributed by atoms with Crippen molar-refractivity contribution in [3.8, 4) is 0 Å². The zero-order chi connectivity index (χ0) is 15.6. The van der Waals surface area contributed by atoms with E-state index in [1.165, 1.54) is 17.5 Å². The van der Waals surface area contributed by atoms with E-state index in [1.54, 1.807) is 12.1 Å². The summed E-state index contributed by atoms with van der Waals surface area (Å²) in [6, 6.07) is 15.6. The molecule has 0 fully saturated rings. The van der Waals surface area contributed by atoms with E-state index < -0.39 is 9.84 Å². The topological polar surface area (TPSA) is 49.4 Å². The minimum Gasteiger partial charge on any atom is -0.366 e. The first-order valence-corrected chi connectivity index (χ1v) is 9.26. The van der Waals surface area contributed by atoms with E-state index in [1.807, 2.05) is 12.1 Å². The Kier molecular flexibility index (Phi) is 5.68. The van der Waals surface area contributed by atoms with Gasteiger partial charge in [0.25, 0.3) is 0 Å². The van der Waals surface area contributed by atoms with Crippen molar-refractivity contribution in [3.63, 3.8) is 0 Å². The Morgan fingerprint density at radius 3 is 2.48 bits per heavy atom. The molecule has 0 saturated heterocycles. The number of fused-ring (bicyclic) bond motifs is 1. The Balaban J connectivity index is 0.00000192. The molecular weight excluding hydrogens is 332 g/mol. The molecule has 0 radical (unpaired) electrons. The summed E-state index contributed by atoms with van der Waals surface area (Å²) >= 11 is 0. The molecule has 1 aliphatic rings. The van der Waals surface area contributed by atoms with Gasteiger partial charge in [0.2, 0.25) is 0 Å². The van der Waals surface area contributed by atoms with E-state index in [-0.39, 0.29) is 12.4 Å². The Morgan fingerprint density at radius 2 is 1.78 bits per heavy atom. The summed E-state index contributed by atoms with van der Waals surface area (Å²) in [5.74, 6) is 0. The van der Waals surface area contributed by atoms with Gasteiger partial charge in [0.05, 0.1) is 4.90 Å². The maximum atomic E-state index is 11.5. The summed E-state index contributed by atoms with van der Waals surface area (Å²) in [4.78, 5) is 2.71. The Morgan fingerprint density at radius 1 is 1.09 bits per heavy atom. The van der Waals surface area contributed by atoms with E-state index in [9.17, 15) is 8.42 Å². The van der Waals surface area contributed by atoms with Crippen molar-refractivity contribution in [2.75, 3.05) is 24.2 Å².